The zero-order chi connectivity index (χ0) is 15.9. The molecule has 22 heavy (non-hydrogen) atoms. The fourth-order valence-electron chi connectivity index (χ4n) is 3.38. The Bertz CT molecular complexity index is 616. The Hall–Kier alpha value is -1.97. The van der Waals surface area contributed by atoms with Crippen LogP contribution in [0.2, 0.25) is 0 Å². The third-order valence-corrected chi connectivity index (χ3v) is 4.26. The van der Waals surface area contributed by atoms with Gasteiger partial charge < -0.3 is 10.5 Å². The summed E-state index contributed by atoms with van der Waals surface area (Å²) in [4.78, 5) is 14.3. The van der Waals surface area contributed by atoms with Gasteiger partial charge in [0.2, 0.25) is 0 Å². The lowest BCUT2D eigenvalue weighted by molar-refractivity contribution is 0.0175. The summed E-state index contributed by atoms with van der Waals surface area (Å²) in [5, 5.41) is 0. The maximum atomic E-state index is 12.4. The maximum absolute atomic E-state index is 12.4. The summed E-state index contributed by atoms with van der Waals surface area (Å²) < 4.78 is 5.56. The highest BCUT2D eigenvalue weighted by Crippen LogP contribution is 2.39. The Morgan fingerprint density at radius 1 is 1.32 bits per heavy atom. The number of carbonyl (C=O) groups excluding carboxylic acids is 1. The standard InChI is InChI=1S/C18H24N2O2/c1-18(2,3)22-17(21)20-15-7-8-16(20)11-13(10-15)12-5-4-6-14(19)9-12/h4-6,9-10,15-16H,7-8,11,19H2,1-3H3. The van der Waals surface area contributed by atoms with Gasteiger partial charge >= 0.3 is 6.09 Å². The number of hydrogen-bond acceptors (Lipinski definition) is 3. The minimum atomic E-state index is -0.450. The van der Waals surface area contributed by atoms with Crippen molar-refractivity contribution in [3.05, 3.63) is 35.9 Å². The Kier molecular flexibility index (Phi) is 3.63. The molecule has 0 aromatic heterocycles. The molecule has 3 rings (SSSR count). The molecule has 4 nitrogen and oxygen atoms in total. The van der Waals surface area contributed by atoms with Gasteiger partial charge in [-0.2, -0.15) is 0 Å². The number of nitrogens with two attached hydrogens (primary N) is 1. The number of rotatable bonds is 1. The van der Waals surface area contributed by atoms with E-state index in [4.69, 9.17) is 10.5 Å². The van der Waals surface area contributed by atoms with Crippen molar-refractivity contribution in [2.24, 2.45) is 0 Å². The van der Waals surface area contributed by atoms with Gasteiger partial charge in [0.1, 0.15) is 5.60 Å². The second-order valence-electron chi connectivity index (χ2n) is 7.21. The van der Waals surface area contributed by atoms with Gasteiger partial charge in [0.15, 0.2) is 0 Å². The van der Waals surface area contributed by atoms with Crippen molar-refractivity contribution in [3.63, 3.8) is 0 Å². The van der Waals surface area contributed by atoms with Crippen LogP contribution >= 0.6 is 0 Å². The number of benzene rings is 1. The van der Waals surface area contributed by atoms with Crippen molar-refractivity contribution >= 4 is 17.4 Å². The van der Waals surface area contributed by atoms with E-state index in [9.17, 15) is 4.79 Å². The number of carbonyl (C=O) groups is 1. The van der Waals surface area contributed by atoms with E-state index >= 15 is 0 Å². The van der Waals surface area contributed by atoms with Crippen molar-refractivity contribution in [2.45, 2.75) is 57.7 Å². The average Bonchev–Trinajstić information content (AvgIpc) is 2.68. The van der Waals surface area contributed by atoms with Gasteiger partial charge in [-0.05, 0) is 63.3 Å². The monoisotopic (exact) mass is 300 g/mol. The molecular weight excluding hydrogens is 276 g/mol. The van der Waals surface area contributed by atoms with E-state index < -0.39 is 5.60 Å². The molecule has 118 valence electrons. The van der Waals surface area contributed by atoms with Gasteiger partial charge in [0.25, 0.3) is 0 Å². The quantitative estimate of drug-likeness (QED) is 0.802. The Morgan fingerprint density at radius 2 is 2.09 bits per heavy atom. The smallest absolute Gasteiger partial charge is 0.411 e. The molecule has 2 atom stereocenters. The largest absolute Gasteiger partial charge is 0.444 e. The highest BCUT2D eigenvalue weighted by atomic mass is 16.6. The molecular formula is C18H24N2O2. The van der Waals surface area contributed by atoms with Crippen LogP contribution in [-0.4, -0.2) is 28.7 Å². The first-order valence-electron chi connectivity index (χ1n) is 7.91. The molecule has 1 aromatic rings. The van der Waals surface area contributed by atoms with Crippen LogP contribution in [0.15, 0.2) is 30.3 Å². The molecule has 2 aliphatic rings. The zero-order valence-electron chi connectivity index (χ0n) is 13.5. The van der Waals surface area contributed by atoms with E-state index in [2.05, 4.69) is 12.1 Å². The molecule has 2 bridgehead atoms. The van der Waals surface area contributed by atoms with Crippen LogP contribution in [0.3, 0.4) is 0 Å². The number of anilines is 1. The predicted molar refractivity (Wildman–Crippen MR) is 88.3 cm³/mol. The second kappa shape index (κ2) is 5.34. The zero-order valence-corrected chi connectivity index (χ0v) is 13.5. The van der Waals surface area contributed by atoms with Crippen LogP contribution in [-0.2, 0) is 4.74 Å². The first kappa shape index (κ1) is 14.9. The van der Waals surface area contributed by atoms with Gasteiger partial charge in [-0.3, -0.25) is 4.90 Å². The van der Waals surface area contributed by atoms with Crippen molar-refractivity contribution in [3.8, 4) is 0 Å². The molecule has 1 fully saturated rings. The number of ether oxygens (including phenoxy) is 1. The molecule has 1 amide bonds. The summed E-state index contributed by atoms with van der Waals surface area (Å²) in [5.74, 6) is 0. The SMILES string of the molecule is CC(C)(C)OC(=O)N1C2C=C(c3cccc(N)c3)CC1CC2. The number of nitrogen functional groups attached to an aromatic ring is 1. The van der Waals surface area contributed by atoms with Crippen LogP contribution in [0.4, 0.5) is 10.5 Å². The first-order valence-corrected chi connectivity index (χ1v) is 7.91. The Morgan fingerprint density at radius 3 is 2.73 bits per heavy atom. The highest BCUT2D eigenvalue weighted by molar-refractivity contribution is 5.76. The average molecular weight is 300 g/mol. The minimum Gasteiger partial charge on any atom is -0.444 e. The van der Waals surface area contributed by atoms with E-state index in [0.29, 0.717) is 0 Å². The molecule has 0 aliphatic carbocycles. The summed E-state index contributed by atoms with van der Waals surface area (Å²) in [6.45, 7) is 5.72. The molecule has 0 spiro atoms. The molecule has 2 heterocycles. The number of fused-ring (bicyclic) bond motifs is 2. The van der Waals surface area contributed by atoms with E-state index in [-0.39, 0.29) is 18.2 Å². The van der Waals surface area contributed by atoms with Crippen molar-refractivity contribution in [1.29, 1.82) is 0 Å². The molecule has 0 saturated carbocycles. The maximum Gasteiger partial charge on any atom is 0.411 e. The second-order valence-corrected chi connectivity index (χ2v) is 7.21. The lowest BCUT2D eigenvalue weighted by atomic mass is 9.95. The minimum absolute atomic E-state index is 0.144. The van der Waals surface area contributed by atoms with Crippen LogP contribution < -0.4 is 5.73 Å². The number of hydrogen-bond donors (Lipinski definition) is 1. The molecule has 1 aromatic carbocycles. The van der Waals surface area contributed by atoms with E-state index in [1.165, 1.54) is 11.1 Å². The van der Waals surface area contributed by atoms with E-state index in [0.717, 1.165) is 24.9 Å². The van der Waals surface area contributed by atoms with Crippen LogP contribution in [0.1, 0.15) is 45.6 Å². The molecule has 1 saturated heterocycles. The van der Waals surface area contributed by atoms with Crippen molar-refractivity contribution < 1.29 is 9.53 Å². The first-order chi connectivity index (χ1) is 10.3. The van der Waals surface area contributed by atoms with Crippen LogP contribution in [0, 0.1) is 0 Å². The van der Waals surface area contributed by atoms with Gasteiger partial charge in [0.05, 0.1) is 6.04 Å². The molecule has 0 radical (unpaired) electrons. The predicted octanol–water partition coefficient (Wildman–Crippen LogP) is 3.82. The lowest BCUT2D eigenvalue weighted by Crippen LogP contribution is -2.45. The molecule has 2 unspecified atom stereocenters. The fourth-order valence-corrected chi connectivity index (χ4v) is 3.38. The number of nitrogens with zero attached hydrogens (tertiary/aromatic N) is 1. The number of amides is 1. The third-order valence-electron chi connectivity index (χ3n) is 4.26. The van der Waals surface area contributed by atoms with Gasteiger partial charge in [-0.15, -0.1) is 0 Å². The van der Waals surface area contributed by atoms with Gasteiger partial charge in [-0.1, -0.05) is 18.2 Å². The summed E-state index contributed by atoms with van der Waals surface area (Å²) in [6.07, 6.45) is 4.94. The normalized spacial score (nSPS) is 24.1. The molecule has 2 aliphatic heterocycles. The van der Waals surface area contributed by atoms with Gasteiger partial charge in [-0.25, -0.2) is 4.79 Å². The summed E-state index contributed by atoms with van der Waals surface area (Å²) >= 11 is 0. The van der Waals surface area contributed by atoms with Crippen molar-refractivity contribution in [1.82, 2.24) is 4.90 Å². The summed E-state index contributed by atoms with van der Waals surface area (Å²) in [5.41, 5.74) is 8.67. The Labute approximate surface area is 131 Å². The summed E-state index contributed by atoms with van der Waals surface area (Å²) in [6, 6.07) is 8.35. The molecule has 4 heteroatoms. The van der Waals surface area contributed by atoms with Crippen molar-refractivity contribution in [2.75, 3.05) is 5.73 Å². The van der Waals surface area contributed by atoms with Crippen LogP contribution in [0.25, 0.3) is 5.57 Å². The topological polar surface area (TPSA) is 55.6 Å². The Balaban J connectivity index is 1.82. The molecule has 2 N–H and O–H groups in total. The van der Waals surface area contributed by atoms with Gasteiger partial charge in [0, 0.05) is 11.7 Å². The lowest BCUT2D eigenvalue weighted by Gasteiger charge is -2.35. The summed E-state index contributed by atoms with van der Waals surface area (Å²) in [7, 11) is 0. The van der Waals surface area contributed by atoms with E-state index in [1.54, 1.807) is 0 Å². The van der Waals surface area contributed by atoms with E-state index in [1.807, 2.05) is 43.9 Å². The fraction of sp³-hybridized carbons (Fsp3) is 0.500. The third kappa shape index (κ3) is 2.96. The highest BCUT2D eigenvalue weighted by Gasteiger charge is 2.41. The van der Waals surface area contributed by atoms with Crippen LogP contribution in [0.5, 0.6) is 0 Å².